The number of halogens is 3. The number of hydrogen-bond donors (Lipinski definition) is 0. The van der Waals surface area contributed by atoms with Gasteiger partial charge in [0.2, 0.25) is 5.91 Å². The first kappa shape index (κ1) is 28.2. The van der Waals surface area contributed by atoms with Crippen LogP contribution in [-0.4, -0.2) is 25.8 Å². The number of benzene rings is 3. The Morgan fingerprint density at radius 1 is 0.946 bits per heavy atom. The van der Waals surface area contributed by atoms with Crippen molar-refractivity contribution in [3.63, 3.8) is 0 Å². The molecule has 0 fully saturated rings. The molecule has 1 atom stereocenters. The Kier molecular flexibility index (Phi) is 9.02. The number of carbonyl (C=O) groups excluding carboxylic acids is 1. The van der Waals surface area contributed by atoms with Crippen molar-refractivity contribution in [1.29, 1.82) is 0 Å². The van der Waals surface area contributed by atoms with E-state index in [-0.39, 0.29) is 23.5 Å². The molecule has 0 aliphatic rings. The molecule has 37 heavy (non-hydrogen) atoms. The minimum atomic E-state index is -4.68. The summed E-state index contributed by atoms with van der Waals surface area (Å²) in [6.07, 6.45) is -4.03. The van der Waals surface area contributed by atoms with Crippen LogP contribution in [0.3, 0.4) is 0 Å². The van der Waals surface area contributed by atoms with Crippen LogP contribution < -0.4 is 4.18 Å². The molecule has 3 rings (SSSR count). The lowest BCUT2D eigenvalue weighted by molar-refractivity contribution is -0.137. The van der Waals surface area contributed by atoms with Crippen LogP contribution in [0, 0.1) is 5.92 Å². The molecule has 1 amide bonds. The lowest BCUT2D eigenvalue weighted by atomic mass is 9.94. The normalized spacial score (nSPS) is 12.8. The van der Waals surface area contributed by atoms with Gasteiger partial charge in [-0.2, -0.15) is 21.6 Å². The number of alkyl halides is 3. The van der Waals surface area contributed by atoms with Crippen molar-refractivity contribution in [2.45, 2.75) is 50.7 Å². The van der Waals surface area contributed by atoms with Crippen molar-refractivity contribution < 1.29 is 30.6 Å². The number of rotatable bonds is 10. The Morgan fingerprint density at radius 3 is 2.16 bits per heavy atom. The fourth-order valence-corrected chi connectivity index (χ4v) is 4.98. The van der Waals surface area contributed by atoms with Crippen molar-refractivity contribution in [3.8, 4) is 5.75 Å². The quantitative estimate of drug-likeness (QED) is 0.274. The first-order chi connectivity index (χ1) is 17.4. The van der Waals surface area contributed by atoms with E-state index in [0.29, 0.717) is 25.6 Å². The smallest absolute Gasteiger partial charge is 0.379 e. The van der Waals surface area contributed by atoms with Crippen molar-refractivity contribution in [2.75, 3.05) is 6.54 Å². The third-order valence-electron chi connectivity index (χ3n) is 5.76. The Balaban J connectivity index is 1.77. The summed E-state index contributed by atoms with van der Waals surface area (Å²) in [5.74, 6) is -0.0777. The van der Waals surface area contributed by atoms with Gasteiger partial charge in [-0.05, 0) is 53.8 Å². The van der Waals surface area contributed by atoms with Gasteiger partial charge in [0.05, 0.1) is 11.5 Å². The Hall–Kier alpha value is -3.33. The number of amides is 1. The van der Waals surface area contributed by atoms with E-state index in [2.05, 4.69) is 0 Å². The van der Waals surface area contributed by atoms with Crippen LogP contribution in [-0.2, 0) is 27.6 Å². The van der Waals surface area contributed by atoms with E-state index in [1.807, 2.05) is 51.1 Å². The second-order valence-corrected chi connectivity index (χ2v) is 10.7. The van der Waals surface area contributed by atoms with Gasteiger partial charge in [0, 0.05) is 13.1 Å². The minimum absolute atomic E-state index is 0.00912. The van der Waals surface area contributed by atoms with E-state index in [4.69, 9.17) is 4.18 Å². The molecule has 3 aromatic carbocycles. The molecule has 0 heterocycles. The largest absolute Gasteiger partial charge is 0.416 e. The molecule has 0 saturated carbocycles. The zero-order valence-corrected chi connectivity index (χ0v) is 21.7. The van der Waals surface area contributed by atoms with Crippen molar-refractivity contribution in [1.82, 2.24) is 4.90 Å². The van der Waals surface area contributed by atoms with Crippen LogP contribution in [0.15, 0.2) is 83.8 Å². The summed E-state index contributed by atoms with van der Waals surface area (Å²) in [6.45, 7) is 6.89. The molecule has 9 heteroatoms. The summed E-state index contributed by atoms with van der Waals surface area (Å²) in [6, 6.07) is 19.1. The van der Waals surface area contributed by atoms with Gasteiger partial charge in [-0.25, -0.2) is 0 Å². The molecular weight excluding hydrogens is 503 g/mol. The molecule has 0 aliphatic carbocycles. The Labute approximate surface area is 216 Å². The maximum Gasteiger partial charge on any atom is 0.416 e. The average Bonchev–Trinajstić information content (AvgIpc) is 2.85. The van der Waals surface area contributed by atoms with Gasteiger partial charge in [-0.15, -0.1) is 0 Å². The van der Waals surface area contributed by atoms with Crippen LogP contribution in [0.2, 0.25) is 0 Å². The monoisotopic (exact) mass is 533 g/mol. The van der Waals surface area contributed by atoms with Crippen LogP contribution in [0.1, 0.15) is 49.8 Å². The molecule has 0 unspecified atom stereocenters. The molecule has 5 nitrogen and oxygen atoms in total. The first-order valence-electron chi connectivity index (χ1n) is 11.9. The lowest BCUT2D eigenvalue weighted by Crippen LogP contribution is -2.37. The van der Waals surface area contributed by atoms with E-state index < -0.39 is 26.8 Å². The summed E-state index contributed by atoms with van der Waals surface area (Å²) in [5, 5.41) is 0. The van der Waals surface area contributed by atoms with E-state index in [9.17, 15) is 26.4 Å². The Morgan fingerprint density at radius 2 is 1.59 bits per heavy atom. The van der Waals surface area contributed by atoms with Gasteiger partial charge in [-0.3, -0.25) is 4.79 Å². The summed E-state index contributed by atoms with van der Waals surface area (Å²) in [7, 11) is -4.47. The highest BCUT2D eigenvalue weighted by molar-refractivity contribution is 7.87. The molecule has 0 aromatic heterocycles. The standard InChI is InChI=1S/C28H30F3NO4S/c1-4-26(22-9-6-5-7-10-22)27(33)32(18-20(2)3)19-21-13-15-24(16-14-21)36-37(34,35)25-12-8-11-23(17-25)28(29,30)31/h5-17,20,26H,4,18-19H2,1-3H3/t26-/m0/s1. The predicted molar refractivity (Wildman–Crippen MR) is 135 cm³/mol. The van der Waals surface area contributed by atoms with Crippen LogP contribution in [0.5, 0.6) is 5.75 Å². The molecule has 0 saturated heterocycles. The highest BCUT2D eigenvalue weighted by Gasteiger charge is 2.32. The van der Waals surface area contributed by atoms with Gasteiger partial charge >= 0.3 is 16.3 Å². The molecule has 0 N–H and O–H groups in total. The minimum Gasteiger partial charge on any atom is -0.379 e. The molecule has 198 valence electrons. The van der Waals surface area contributed by atoms with Crippen molar-refractivity contribution in [2.24, 2.45) is 5.92 Å². The van der Waals surface area contributed by atoms with E-state index in [1.54, 1.807) is 17.0 Å². The average molecular weight is 534 g/mol. The number of nitrogens with zero attached hydrogens (tertiary/aromatic N) is 1. The number of carbonyl (C=O) groups is 1. The molecule has 0 bridgehead atoms. The summed E-state index contributed by atoms with van der Waals surface area (Å²) < 4.78 is 69.1. The third-order valence-corrected chi connectivity index (χ3v) is 7.00. The van der Waals surface area contributed by atoms with Crippen molar-refractivity contribution in [3.05, 3.63) is 95.6 Å². The third kappa shape index (κ3) is 7.58. The van der Waals surface area contributed by atoms with E-state index >= 15 is 0 Å². The van der Waals surface area contributed by atoms with Crippen LogP contribution in [0.4, 0.5) is 13.2 Å². The maximum absolute atomic E-state index is 13.5. The van der Waals surface area contributed by atoms with Gasteiger partial charge in [0.25, 0.3) is 0 Å². The van der Waals surface area contributed by atoms with Crippen molar-refractivity contribution >= 4 is 16.0 Å². The molecule has 3 aromatic rings. The molecule has 0 aliphatic heterocycles. The van der Waals surface area contributed by atoms with Gasteiger partial charge < -0.3 is 9.08 Å². The van der Waals surface area contributed by atoms with E-state index in [0.717, 1.165) is 29.3 Å². The highest BCUT2D eigenvalue weighted by atomic mass is 32.2. The van der Waals surface area contributed by atoms with Gasteiger partial charge in [0.1, 0.15) is 10.6 Å². The van der Waals surface area contributed by atoms with Gasteiger partial charge in [0.15, 0.2) is 0 Å². The molecule has 0 spiro atoms. The highest BCUT2D eigenvalue weighted by Crippen LogP contribution is 2.31. The SMILES string of the molecule is CC[C@H](C(=O)N(Cc1ccc(OS(=O)(=O)c2cccc(C(F)(F)F)c2)cc1)CC(C)C)c1ccccc1. The summed E-state index contributed by atoms with van der Waals surface area (Å²) in [4.78, 5) is 14.7. The summed E-state index contributed by atoms with van der Waals surface area (Å²) in [5.41, 5.74) is 0.636. The van der Waals surface area contributed by atoms with Gasteiger partial charge in [-0.1, -0.05) is 69.3 Å². The van der Waals surface area contributed by atoms with Crippen LogP contribution in [0.25, 0.3) is 0 Å². The second-order valence-electron chi connectivity index (χ2n) is 9.19. The summed E-state index contributed by atoms with van der Waals surface area (Å²) >= 11 is 0. The topological polar surface area (TPSA) is 63.7 Å². The predicted octanol–water partition coefficient (Wildman–Crippen LogP) is 6.65. The molecule has 0 radical (unpaired) electrons. The fourth-order valence-electron chi connectivity index (χ4n) is 4.01. The van der Waals surface area contributed by atoms with E-state index in [1.165, 1.54) is 12.1 Å². The molecular formula is C28H30F3NO4S. The first-order valence-corrected chi connectivity index (χ1v) is 13.4. The Bertz CT molecular complexity index is 1290. The van der Waals surface area contributed by atoms with Crippen LogP contribution >= 0.6 is 0 Å². The zero-order chi connectivity index (χ0) is 27.2. The number of hydrogen-bond acceptors (Lipinski definition) is 4. The lowest BCUT2D eigenvalue weighted by Gasteiger charge is -2.29. The zero-order valence-electron chi connectivity index (χ0n) is 20.9. The second kappa shape index (κ2) is 11.8. The maximum atomic E-state index is 13.5. The fraction of sp³-hybridized carbons (Fsp3) is 0.321.